The molecule has 0 aliphatic heterocycles. The maximum Gasteiger partial charge on any atom is 0.164 e. The van der Waals surface area contributed by atoms with Crippen molar-refractivity contribution in [3.05, 3.63) is 229 Å². The number of fused-ring (bicyclic) bond motifs is 8. The molecular weight excluding hydrogens is 733 g/mol. The lowest BCUT2D eigenvalue weighted by atomic mass is 9.67. The number of rotatable bonds is 6. The highest BCUT2D eigenvalue weighted by Crippen LogP contribution is 2.56. The molecule has 2 heterocycles. The Hall–Kier alpha value is -8.09. The zero-order valence-electron chi connectivity index (χ0n) is 32.3. The average molecular weight is 767 g/mol. The molecule has 12 rings (SSSR count). The second-order valence-electron chi connectivity index (χ2n) is 15.3. The van der Waals surface area contributed by atoms with Gasteiger partial charge in [0, 0.05) is 22.1 Å². The van der Waals surface area contributed by atoms with Crippen molar-refractivity contribution in [2.45, 2.75) is 5.41 Å². The molecule has 0 saturated heterocycles. The van der Waals surface area contributed by atoms with E-state index in [2.05, 4.69) is 152 Å². The minimum absolute atomic E-state index is 0.488. The molecule has 6 nitrogen and oxygen atoms in total. The zero-order chi connectivity index (χ0) is 39.6. The monoisotopic (exact) mass is 766 g/mol. The van der Waals surface area contributed by atoms with Crippen LogP contribution >= 0.6 is 0 Å². The smallest absolute Gasteiger partial charge is 0.164 e. The van der Waals surface area contributed by atoms with Crippen LogP contribution < -0.4 is 0 Å². The maximum atomic E-state index is 5.27. The normalized spacial score (nSPS) is 12.8. The summed E-state index contributed by atoms with van der Waals surface area (Å²) in [6.07, 6.45) is 0. The number of benzene rings is 9. The van der Waals surface area contributed by atoms with Crippen molar-refractivity contribution in [2.24, 2.45) is 0 Å². The van der Waals surface area contributed by atoms with Gasteiger partial charge in [-0.2, -0.15) is 4.80 Å². The highest BCUT2D eigenvalue weighted by atomic mass is 15.5. The highest BCUT2D eigenvalue weighted by Gasteiger charge is 2.46. The Labute approximate surface area is 346 Å². The predicted molar refractivity (Wildman–Crippen MR) is 241 cm³/mol. The van der Waals surface area contributed by atoms with E-state index in [0.717, 1.165) is 55.0 Å². The molecule has 0 bridgehead atoms. The van der Waals surface area contributed by atoms with Crippen molar-refractivity contribution in [1.29, 1.82) is 0 Å². The van der Waals surface area contributed by atoms with E-state index in [1.807, 2.05) is 54.6 Å². The minimum atomic E-state index is -0.488. The molecule has 1 aliphatic rings. The lowest BCUT2D eigenvalue weighted by molar-refractivity contribution is 0.766. The van der Waals surface area contributed by atoms with Crippen molar-refractivity contribution in [2.75, 3.05) is 0 Å². The van der Waals surface area contributed by atoms with Gasteiger partial charge in [-0.05, 0) is 79.9 Å². The van der Waals surface area contributed by atoms with Gasteiger partial charge in [0.25, 0.3) is 0 Å². The van der Waals surface area contributed by atoms with Gasteiger partial charge in [0.15, 0.2) is 17.5 Å². The molecular formula is C54H34N6. The van der Waals surface area contributed by atoms with Gasteiger partial charge in [0.1, 0.15) is 11.0 Å². The lowest BCUT2D eigenvalue weighted by Gasteiger charge is -2.33. The molecule has 0 unspecified atom stereocenters. The maximum absolute atomic E-state index is 5.27. The van der Waals surface area contributed by atoms with Crippen LogP contribution in [0.5, 0.6) is 0 Å². The van der Waals surface area contributed by atoms with Gasteiger partial charge in [-0.15, -0.1) is 10.2 Å². The Kier molecular flexibility index (Phi) is 7.65. The Morgan fingerprint density at radius 1 is 0.383 bits per heavy atom. The van der Waals surface area contributed by atoms with Crippen molar-refractivity contribution in [1.82, 2.24) is 29.9 Å². The molecule has 6 heteroatoms. The Morgan fingerprint density at radius 2 is 0.917 bits per heavy atom. The second kappa shape index (κ2) is 13.5. The predicted octanol–water partition coefficient (Wildman–Crippen LogP) is 12.3. The summed E-state index contributed by atoms with van der Waals surface area (Å²) in [5, 5.41) is 14.2. The largest absolute Gasteiger partial charge is 0.208 e. The van der Waals surface area contributed by atoms with Gasteiger partial charge < -0.3 is 0 Å². The first-order valence-electron chi connectivity index (χ1n) is 20.2. The van der Waals surface area contributed by atoms with Gasteiger partial charge in [-0.3, -0.25) is 0 Å². The van der Waals surface area contributed by atoms with Crippen molar-refractivity contribution < 1.29 is 0 Å². The summed E-state index contributed by atoms with van der Waals surface area (Å²) in [6, 6.07) is 72.4. The summed E-state index contributed by atoms with van der Waals surface area (Å²) in [6.45, 7) is 0. The number of hydrogen-bond acceptors (Lipinski definition) is 5. The van der Waals surface area contributed by atoms with E-state index in [-0.39, 0.29) is 0 Å². The van der Waals surface area contributed by atoms with Gasteiger partial charge in [-0.25, -0.2) is 15.0 Å². The van der Waals surface area contributed by atoms with E-state index in [9.17, 15) is 0 Å². The third-order valence-corrected chi connectivity index (χ3v) is 12.0. The average Bonchev–Trinajstić information content (AvgIpc) is 3.90. The standard InChI is InChI=1S/C54H34N6/c1-5-15-37(16-6-1)51-55-52(38-28-26-35-25-27-36-30-32-48-50(49(36)44(35)33-38)59-60(58-48)42-21-11-4-12-22-42)57-53(56-51)39-29-31-47-45(34-39)43-23-13-14-24-46(43)54(47,40-17-7-2-8-18-40)41-19-9-3-10-20-41/h1-34H. The fraction of sp³-hybridized carbons (Fsp3) is 0.0185. The summed E-state index contributed by atoms with van der Waals surface area (Å²) < 4.78 is 0. The summed E-state index contributed by atoms with van der Waals surface area (Å²) in [5.74, 6) is 1.83. The Morgan fingerprint density at radius 3 is 1.63 bits per heavy atom. The van der Waals surface area contributed by atoms with Crippen LogP contribution in [0.15, 0.2) is 206 Å². The quantitative estimate of drug-likeness (QED) is 0.158. The summed E-state index contributed by atoms with van der Waals surface area (Å²) in [5.41, 5.74) is 12.2. The Bertz CT molecular complexity index is 3380. The van der Waals surface area contributed by atoms with E-state index in [0.29, 0.717) is 17.5 Å². The van der Waals surface area contributed by atoms with E-state index < -0.39 is 5.41 Å². The molecule has 280 valence electrons. The van der Waals surface area contributed by atoms with Gasteiger partial charge in [0.05, 0.1) is 11.1 Å². The van der Waals surface area contributed by atoms with Crippen molar-refractivity contribution in [3.8, 4) is 51.0 Å². The first-order valence-corrected chi connectivity index (χ1v) is 20.2. The number of hydrogen-bond donors (Lipinski definition) is 0. The SMILES string of the molecule is c1ccc(-c2nc(-c3ccc4c(c3)-c3ccccc3C4(c3ccccc3)c3ccccc3)nc(-c3ccc4ccc5ccc6nn(-c7ccccc7)nc6c5c4c3)n2)cc1. The summed E-state index contributed by atoms with van der Waals surface area (Å²) in [4.78, 5) is 17.3. The van der Waals surface area contributed by atoms with Crippen molar-refractivity contribution in [3.63, 3.8) is 0 Å². The lowest BCUT2D eigenvalue weighted by Crippen LogP contribution is -2.28. The highest BCUT2D eigenvalue weighted by molar-refractivity contribution is 6.18. The zero-order valence-corrected chi connectivity index (χ0v) is 32.3. The molecule has 11 aromatic rings. The molecule has 9 aromatic carbocycles. The number of aromatic nitrogens is 6. The molecule has 1 aliphatic carbocycles. The van der Waals surface area contributed by atoms with E-state index in [1.54, 1.807) is 4.80 Å². The fourth-order valence-corrected chi connectivity index (χ4v) is 9.27. The van der Waals surface area contributed by atoms with Crippen LogP contribution in [0.4, 0.5) is 0 Å². The first-order chi connectivity index (χ1) is 29.7. The third-order valence-electron chi connectivity index (χ3n) is 12.0. The molecule has 0 radical (unpaired) electrons. The van der Waals surface area contributed by atoms with Gasteiger partial charge in [-0.1, -0.05) is 176 Å². The minimum Gasteiger partial charge on any atom is -0.208 e. The first kappa shape index (κ1) is 34.0. The van der Waals surface area contributed by atoms with Gasteiger partial charge >= 0.3 is 0 Å². The summed E-state index contributed by atoms with van der Waals surface area (Å²) >= 11 is 0. The third kappa shape index (κ3) is 5.24. The van der Waals surface area contributed by atoms with Crippen LogP contribution in [-0.2, 0) is 5.41 Å². The molecule has 0 fully saturated rings. The molecule has 0 amide bonds. The number of nitrogens with zero attached hydrogens (tertiary/aromatic N) is 6. The molecule has 0 N–H and O–H groups in total. The molecule has 0 atom stereocenters. The van der Waals surface area contributed by atoms with Crippen LogP contribution in [0, 0.1) is 0 Å². The molecule has 0 saturated carbocycles. The fourth-order valence-electron chi connectivity index (χ4n) is 9.27. The van der Waals surface area contributed by atoms with Crippen LogP contribution in [0.3, 0.4) is 0 Å². The van der Waals surface area contributed by atoms with Gasteiger partial charge in [0.2, 0.25) is 0 Å². The van der Waals surface area contributed by atoms with E-state index in [1.165, 1.54) is 33.4 Å². The second-order valence-corrected chi connectivity index (χ2v) is 15.3. The van der Waals surface area contributed by atoms with E-state index in [4.69, 9.17) is 25.1 Å². The Balaban J connectivity index is 1.06. The summed E-state index contributed by atoms with van der Waals surface area (Å²) in [7, 11) is 0. The molecule has 2 aromatic heterocycles. The topological polar surface area (TPSA) is 69.4 Å². The van der Waals surface area contributed by atoms with Crippen LogP contribution in [-0.4, -0.2) is 29.9 Å². The van der Waals surface area contributed by atoms with Crippen LogP contribution in [0.2, 0.25) is 0 Å². The van der Waals surface area contributed by atoms with Crippen LogP contribution in [0.25, 0.3) is 83.6 Å². The van der Waals surface area contributed by atoms with Crippen molar-refractivity contribution >= 4 is 32.6 Å². The molecule has 60 heavy (non-hydrogen) atoms. The number of para-hydroxylation sites is 1. The molecule has 0 spiro atoms. The van der Waals surface area contributed by atoms with E-state index >= 15 is 0 Å². The van der Waals surface area contributed by atoms with Crippen LogP contribution in [0.1, 0.15) is 22.3 Å².